The van der Waals surface area contributed by atoms with E-state index in [4.69, 9.17) is 12.8 Å². The molecular weight excluding hydrogens is 601 g/mol. The number of hydrogen-bond donors (Lipinski definition) is 2. The van der Waals surface area contributed by atoms with Gasteiger partial charge in [-0.05, 0) is 89.2 Å². The number of terminal acetylenes is 2. The van der Waals surface area contributed by atoms with Crippen molar-refractivity contribution in [2.75, 3.05) is 0 Å². The van der Waals surface area contributed by atoms with Gasteiger partial charge in [-0.15, -0.1) is 12.8 Å². The Labute approximate surface area is 303 Å². The van der Waals surface area contributed by atoms with Crippen molar-refractivity contribution in [2.45, 2.75) is 198 Å². The predicted octanol–water partition coefficient (Wildman–Crippen LogP) is 11.5. The number of allylic oxidation sites excluding steroid dienone is 5. The van der Waals surface area contributed by atoms with Crippen molar-refractivity contribution in [3.63, 3.8) is 0 Å². The Balaban J connectivity index is 3.45. The molecule has 3 heteroatoms. The lowest BCUT2D eigenvalue weighted by molar-refractivity contribution is -0.119. The normalized spacial score (nSPS) is 12.3. The van der Waals surface area contributed by atoms with Crippen LogP contribution in [0.1, 0.15) is 186 Å². The highest BCUT2D eigenvalue weighted by Crippen LogP contribution is 2.14. The molecule has 0 aromatic carbocycles. The Morgan fingerprint density at radius 2 is 0.898 bits per heavy atom. The molecule has 2 N–H and O–H groups in total. The van der Waals surface area contributed by atoms with Crippen molar-refractivity contribution in [1.82, 2.24) is 0 Å². The summed E-state index contributed by atoms with van der Waals surface area (Å²) in [5.74, 6) is 17.0. The fourth-order valence-electron chi connectivity index (χ4n) is 5.58. The molecule has 0 saturated heterocycles. The maximum Gasteiger partial charge on any atom is 0.176 e. The smallest absolute Gasteiger partial charge is 0.176 e. The van der Waals surface area contributed by atoms with Crippen LogP contribution < -0.4 is 0 Å². The molecule has 0 aliphatic rings. The Kier molecular flexibility index (Phi) is 37.1. The molecule has 0 aromatic heterocycles. The van der Waals surface area contributed by atoms with Gasteiger partial charge in [0.1, 0.15) is 11.9 Å². The molecule has 0 heterocycles. The van der Waals surface area contributed by atoms with E-state index >= 15 is 0 Å². The summed E-state index contributed by atoms with van der Waals surface area (Å²) in [6, 6.07) is 0. The molecule has 0 aliphatic heterocycles. The number of carbonyl (C=O) groups excluding carboxylic acids is 1. The van der Waals surface area contributed by atoms with Gasteiger partial charge >= 0.3 is 0 Å². The van der Waals surface area contributed by atoms with E-state index < -0.39 is 12.2 Å². The van der Waals surface area contributed by atoms with Gasteiger partial charge in [0.15, 0.2) is 6.10 Å². The largest absolute Gasteiger partial charge is 0.377 e. The van der Waals surface area contributed by atoms with Crippen LogP contribution in [-0.4, -0.2) is 28.2 Å². The summed E-state index contributed by atoms with van der Waals surface area (Å²) in [5, 5.41) is 19.2. The number of rotatable bonds is 32. The lowest BCUT2D eigenvalue weighted by Gasteiger charge is -2.03. The van der Waals surface area contributed by atoms with E-state index in [-0.39, 0.29) is 0 Å². The lowest BCUT2D eigenvalue weighted by Crippen LogP contribution is -1.97. The molecule has 0 spiro atoms. The van der Waals surface area contributed by atoms with Gasteiger partial charge in [0.05, 0.1) is 0 Å². The van der Waals surface area contributed by atoms with Crippen LogP contribution in [0.15, 0.2) is 36.5 Å². The van der Waals surface area contributed by atoms with Crippen LogP contribution in [0.4, 0.5) is 0 Å². The number of Topliss-reactive ketones (excluding diaryl/α,β-unsaturated/α-hetero) is 1. The van der Waals surface area contributed by atoms with E-state index in [1.165, 1.54) is 70.6 Å². The summed E-state index contributed by atoms with van der Waals surface area (Å²) in [4.78, 5) is 12.2. The van der Waals surface area contributed by atoms with Crippen LogP contribution in [0.3, 0.4) is 0 Å². The number of ketones is 1. The van der Waals surface area contributed by atoms with Gasteiger partial charge in [0, 0.05) is 25.7 Å². The first-order chi connectivity index (χ1) is 24.1. The molecule has 0 unspecified atom stereocenters. The fraction of sp³-hybridized carbons (Fsp3) is 0.674. The summed E-state index contributed by atoms with van der Waals surface area (Å²) in [7, 11) is 0. The van der Waals surface area contributed by atoms with Crippen LogP contribution in [0.25, 0.3) is 0 Å². The van der Waals surface area contributed by atoms with Gasteiger partial charge in [-0.3, -0.25) is 4.79 Å². The number of unbranched alkanes of at least 4 members (excludes halogenated alkanes) is 23. The van der Waals surface area contributed by atoms with Crippen molar-refractivity contribution >= 4 is 5.78 Å². The van der Waals surface area contributed by atoms with Gasteiger partial charge in [0.2, 0.25) is 0 Å². The van der Waals surface area contributed by atoms with Gasteiger partial charge in [-0.25, -0.2) is 0 Å². The van der Waals surface area contributed by atoms with E-state index in [2.05, 4.69) is 53.8 Å². The molecule has 0 saturated carbocycles. The Bertz CT molecular complexity index is 1060. The number of hydrogen-bond acceptors (Lipinski definition) is 3. The molecule has 3 nitrogen and oxygen atoms in total. The average Bonchev–Trinajstić information content (AvgIpc) is 3.10. The average molecular weight is 671 g/mol. The Hall–Kier alpha value is -2.95. The SMILES string of the molecule is C#C/C=C\CCCCCCCCCCCCCCC(=O)CCCC/C=C\CCCCCC#C[C@H](O)C#CCCCCCC/C=C/[C@H](O)C#C. The second-order valence-corrected chi connectivity index (χ2v) is 13.2. The number of aliphatic hydroxyl groups is 2. The van der Waals surface area contributed by atoms with Crippen molar-refractivity contribution in [2.24, 2.45) is 0 Å². The summed E-state index contributed by atoms with van der Waals surface area (Å²) < 4.78 is 0. The minimum atomic E-state index is -0.847. The Morgan fingerprint density at radius 1 is 0.510 bits per heavy atom. The van der Waals surface area contributed by atoms with E-state index in [9.17, 15) is 15.0 Å². The second kappa shape index (κ2) is 39.5. The van der Waals surface area contributed by atoms with Crippen molar-refractivity contribution < 1.29 is 15.0 Å². The van der Waals surface area contributed by atoms with E-state index in [1.807, 2.05) is 12.2 Å². The third-order valence-electron chi connectivity index (χ3n) is 8.60. The zero-order valence-corrected chi connectivity index (χ0v) is 31.1. The number of aliphatic hydroxyl groups excluding tert-OH is 2. The van der Waals surface area contributed by atoms with Crippen LogP contribution >= 0.6 is 0 Å². The fourth-order valence-corrected chi connectivity index (χ4v) is 5.58. The minimum Gasteiger partial charge on any atom is -0.377 e. The van der Waals surface area contributed by atoms with Crippen LogP contribution in [0.2, 0.25) is 0 Å². The molecular formula is C46H70O3. The first-order valence-electron chi connectivity index (χ1n) is 19.8. The van der Waals surface area contributed by atoms with Crippen molar-refractivity contribution in [3.05, 3.63) is 36.5 Å². The third kappa shape index (κ3) is 39.4. The van der Waals surface area contributed by atoms with Gasteiger partial charge in [-0.2, -0.15) is 0 Å². The van der Waals surface area contributed by atoms with E-state index in [0.29, 0.717) is 5.78 Å². The highest BCUT2D eigenvalue weighted by molar-refractivity contribution is 5.78. The standard InChI is InChI=1S/C46H70O3/c1-3-5-6-7-8-9-10-11-12-13-14-16-19-25-30-35-40-45(48)41-36-31-26-20-17-15-18-21-27-32-37-42-46(49)43-38-33-28-23-22-24-29-34-39-44(47)4-2/h1-2,5-6,17,20,34,39,44,46-47,49H,7-16,18-19,21-33,35-36,40-41H2/b6-5-,20-17-,39-34+/t44-,46+/m1/s1. The topological polar surface area (TPSA) is 57.5 Å². The third-order valence-corrected chi connectivity index (χ3v) is 8.60. The maximum absolute atomic E-state index is 12.2. The van der Waals surface area contributed by atoms with Crippen molar-refractivity contribution in [1.29, 1.82) is 0 Å². The minimum absolute atomic E-state index is 0.450. The zero-order chi connectivity index (χ0) is 35.7. The molecule has 272 valence electrons. The molecule has 0 amide bonds. The van der Waals surface area contributed by atoms with Crippen molar-refractivity contribution in [3.8, 4) is 48.4 Å². The first-order valence-corrected chi connectivity index (χ1v) is 19.8. The summed E-state index contributed by atoms with van der Waals surface area (Å²) >= 11 is 0. The van der Waals surface area contributed by atoms with E-state index in [0.717, 1.165) is 116 Å². The first kappa shape index (κ1) is 46.0. The van der Waals surface area contributed by atoms with Crippen LogP contribution in [0.5, 0.6) is 0 Å². The molecule has 0 aromatic rings. The predicted molar refractivity (Wildman–Crippen MR) is 212 cm³/mol. The molecule has 49 heavy (non-hydrogen) atoms. The highest BCUT2D eigenvalue weighted by Gasteiger charge is 2.02. The zero-order valence-electron chi connectivity index (χ0n) is 31.1. The summed E-state index contributed by atoms with van der Waals surface area (Å²) in [5.41, 5.74) is 0. The molecule has 0 bridgehead atoms. The van der Waals surface area contributed by atoms with E-state index in [1.54, 1.807) is 6.08 Å². The van der Waals surface area contributed by atoms with Gasteiger partial charge in [0.25, 0.3) is 0 Å². The molecule has 0 fully saturated rings. The summed E-state index contributed by atoms with van der Waals surface area (Å²) in [6.45, 7) is 0. The van der Waals surface area contributed by atoms with Crippen LogP contribution in [0, 0.1) is 48.4 Å². The maximum atomic E-state index is 12.2. The molecule has 0 rings (SSSR count). The van der Waals surface area contributed by atoms with Crippen LogP contribution in [-0.2, 0) is 4.79 Å². The summed E-state index contributed by atoms with van der Waals surface area (Å²) in [6.07, 6.45) is 53.5. The number of carbonyl (C=O) groups is 1. The van der Waals surface area contributed by atoms with Gasteiger partial charge in [-0.1, -0.05) is 143 Å². The monoisotopic (exact) mass is 671 g/mol. The van der Waals surface area contributed by atoms with Gasteiger partial charge < -0.3 is 10.2 Å². The lowest BCUT2D eigenvalue weighted by atomic mass is 10.0. The molecule has 0 radical (unpaired) electrons. The quantitative estimate of drug-likeness (QED) is 0.0425. The highest BCUT2D eigenvalue weighted by atomic mass is 16.3. The molecule has 2 atom stereocenters. The second-order valence-electron chi connectivity index (χ2n) is 13.2. The Morgan fingerprint density at radius 3 is 1.41 bits per heavy atom. The molecule has 0 aliphatic carbocycles.